The highest BCUT2D eigenvalue weighted by molar-refractivity contribution is 5.75. The van der Waals surface area contributed by atoms with Crippen LogP contribution in [-0.4, -0.2) is 65.7 Å². The Balaban J connectivity index is 2.85. The van der Waals surface area contributed by atoms with E-state index in [0.717, 1.165) is 0 Å². The Morgan fingerprint density at radius 1 is 1.26 bits per heavy atom. The molecule has 1 fully saturated rings. The van der Waals surface area contributed by atoms with Crippen LogP contribution in [0.2, 0.25) is 0 Å². The second-order valence-corrected chi connectivity index (χ2v) is 5.56. The van der Waals surface area contributed by atoms with Crippen molar-refractivity contribution in [2.75, 3.05) is 13.7 Å². The molecule has 19 heavy (non-hydrogen) atoms. The van der Waals surface area contributed by atoms with Gasteiger partial charge in [-0.1, -0.05) is 0 Å². The summed E-state index contributed by atoms with van der Waals surface area (Å²) in [6, 6.07) is 0. The van der Waals surface area contributed by atoms with Gasteiger partial charge in [0.05, 0.1) is 12.0 Å². The summed E-state index contributed by atoms with van der Waals surface area (Å²) in [5.74, 6) is -0.566. The molecular weight excluding hydrogens is 256 g/mol. The van der Waals surface area contributed by atoms with Gasteiger partial charge in [-0.2, -0.15) is 0 Å². The number of hydrogen-bond donors (Lipinski definition) is 3. The fourth-order valence-corrected chi connectivity index (χ4v) is 1.69. The number of methoxy groups -OCH3 is 1. The Kier molecular flexibility index (Phi) is 5.28. The molecule has 0 saturated carbocycles. The first-order valence-electron chi connectivity index (χ1n) is 6.08. The van der Waals surface area contributed by atoms with Gasteiger partial charge in [-0.25, -0.2) is 0 Å². The maximum absolute atomic E-state index is 11.8. The molecule has 1 saturated heterocycles. The predicted molar refractivity (Wildman–Crippen MR) is 64.1 cm³/mol. The van der Waals surface area contributed by atoms with Crippen LogP contribution in [0, 0.1) is 5.41 Å². The number of esters is 1. The fourth-order valence-electron chi connectivity index (χ4n) is 1.69. The zero-order valence-electron chi connectivity index (χ0n) is 11.6. The van der Waals surface area contributed by atoms with E-state index in [2.05, 4.69) is 0 Å². The number of hydrogen-bond acceptors (Lipinski definition) is 7. The van der Waals surface area contributed by atoms with Crippen LogP contribution in [0.3, 0.4) is 0 Å². The predicted octanol–water partition coefficient (Wildman–Crippen LogP) is -0.970. The molecule has 1 aliphatic rings. The summed E-state index contributed by atoms with van der Waals surface area (Å²) in [5, 5.41) is 29.0. The molecule has 112 valence electrons. The van der Waals surface area contributed by atoms with Crippen LogP contribution in [0.25, 0.3) is 0 Å². The lowest BCUT2D eigenvalue weighted by Crippen LogP contribution is -2.60. The van der Waals surface area contributed by atoms with Crippen LogP contribution in [0.1, 0.15) is 20.8 Å². The summed E-state index contributed by atoms with van der Waals surface area (Å²) in [6.07, 6.45) is -5.90. The van der Waals surface area contributed by atoms with Crippen molar-refractivity contribution in [1.82, 2.24) is 0 Å². The molecule has 0 unspecified atom stereocenters. The molecule has 0 spiro atoms. The van der Waals surface area contributed by atoms with Crippen molar-refractivity contribution in [2.24, 2.45) is 5.41 Å². The van der Waals surface area contributed by atoms with Crippen LogP contribution < -0.4 is 0 Å². The van der Waals surface area contributed by atoms with Gasteiger partial charge in [0.2, 0.25) is 0 Å². The van der Waals surface area contributed by atoms with Crippen molar-refractivity contribution in [1.29, 1.82) is 0 Å². The highest BCUT2D eigenvalue weighted by Gasteiger charge is 2.47. The number of carbonyl (C=O) groups excluding carboxylic acids is 1. The molecule has 0 aromatic rings. The molecule has 0 amide bonds. The van der Waals surface area contributed by atoms with Crippen molar-refractivity contribution in [3.05, 3.63) is 0 Å². The minimum atomic E-state index is -1.32. The first kappa shape index (κ1) is 16.3. The molecule has 0 aromatic carbocycles. The Labute approximate surface area is 112 Å². The largest absolute Gasteiger partial charge is 0.456 e. The number of rotatable bonds is 3. The van der Waals surface area contributed by atoms with Gasteiger partial charge in [0.15, 0.2) is 12.4 Å². The fraction of sp³-hybridized carbons (Fsp3) is 0.917. The van der Waals surface area contributed by atoms with E-state index < -0.39 is 48.7 Å². The molecule has 0 bridgehead atoms. The van der Waals surface area contributed by atoms with Crippen molar-refractivity contribution in [2.45, 2.75) is 51.5 Å². The summed E-state index contributed by atoms with van der Waals surface area (Å²) < 4.78 is 15.2. The van der Waals surface area contributed by atoms with E-state index in [1.165, 1.54) is 7.11 Å². The lowest BCUT2D eigenvalue weighted by atomic mass is 9.95. The van der Waals surface area contributed by atoms with E-state index in [1.54, 1.807) is 20.8 Å². The highest BCUT2D eigenvalue weighted by Crippen LogP contribution is 2.26. The van der Waals surface area contributed by atoms with E-state index in [9.17, 15) is 15.0 Å². The molecule has 1 heterocycles. The maximum atomic E-state index is 11.8. The molecule has 5 atom stereocenters. The van der Waals surface area contributed by atoms with Crippen LogP contribution in [0.5, 0.6) is 0 Å². The van der Waals surface area contributed by atoms with E-state index >= 15 is 0 Å². The number of aliphatic hydroxyl groups is 3. The van der Waals surface area contributed by atoms with Gasteiger partial charge >= 0.3 is 5.97 Å². The molecule has 1 aliphatic heterocycles. The summed E-state index contributed by atoms with van der Waals surface area (Å²) in [6.45, 7) is 4.50. The molecule has 3 N–H and O–H groups in total. The highest BCUT2D eigenvalue weighted by atomic mass is 16.7. The van der Waals surface area contributed by atoms with Gasteiger partial charge in [0.25, 0.3) is 0 Å². The van der Waals surface area contributed by atoms with E-state index in [-0.39, 0.29) is 0 Å². The standard InChI is InChI=1S/C12H22O7/c1-12(2,3)11(16)19-9-7(14)6(5-13)18-10(17-4)8(9)15/h6-10,13-15H,5H2,1-4H3/t6-,7-,8-,9+,10+/m1/s1. The Morgan fingerprint density at radius 2 is 1.84 bits per heavy atom. The third-order valence-electron chi connectivity index (χ3n) is 2.91. The number of aliphatic hydroxyl groups excluding tert-OH is 3. The zero-order valence-corrected chi connectivity index (χ0v) is 11.6. The maximum Gasteiger partial charge on any atom is 0.311 e. The normalized spacial score (nSPS) is 36.1. The van der Waals surface area contributed by atoms with Crippen LogP contribution >= 0.6 is 0 Å². The summed E-state index contributed by atoms with van der Waals surface area (Å²) in [4.78, 5) is 11.8. The van der Waals surface area contributed by atoms with Gasteiger partial charge in [-0.3, -0.25) is 4.79 Å². The van der Waals surface area contributed by atoms with Crippen LogP contribution in [-0.2, 0) is 19.0 Å². The van der Waals surface area contributed by atoms with Gasteiger partial charge < -0.3 is 29.5 Å². The smallest absolute Gasteiger partial charge is 0.311 e. The van der Waals surface area contributed by atoms with Crippen LogP contribution in [0.4, 0.5) is 0 Å². The molecule has 1 rings (SSSR count). The zero-order chi connectivity index (χ0) is 14.8. The minimum Gasteiger partial charge on any atom is -0.456 e. The Hall–Kier alpha value is -0.730. The topological polar surface area (TPSA) is 105 Å². The van der Waals surface area contributed by atoms with E-state index in [4.69, 9.17) is 19.3 Å². The van der Waals surface area contributed by atoms with Gasteiger partial charge in [-0.15, -0.1) is 0 Å². The van der Waals surface area contributed by atoms with Gasteiger partial charge in [0.1, 0.15) is 18.3 Å². The third-order valence-corrected chi connectivity index (χ3v) is 2.91. The summed E-state index contributed by atoms with van der Waals surface area (Å²) in [7, 11) is 1.31. The first-order valence-corrected chi connectivity index (χ1v) is 6.08. The van der Waals surface area contributed by atoms with Crippen molar-refractivity contribution in [3.8, 4) is 0 Å². The monoisotopic (exact) mass is 278 g/mol. The number of ether oxygens (including phenoxy) is 3. The SMILES string of the molecule is CO[C@H]1O[C@H](CO)[C@@H](O)[C@H](OC(=O)C(C)(C)C)[C@H]1O. The Morgan fingerprint density at radius 3 is 2.26 bits per heavy atom. The second-order valence-electron chi connectivity index (χ2n) is 5.56. The molecular formula is C12H22O7. The minimum absolute atomic E-state index is 0.475. The summed E-state index contributed by atoms with van der Waals surface area (Å²) in [5.41, 5.74) is -0.769. The lowest BCUT2D eigenvalue weighted by Gasteiger charge is -2.41. The quantitative estimate of drug-likeness (QED) is 0.570. The molecule has 0 radical (unpaired) electrons. The van der Waals surface area contributed by atoms with E-state index in [0.29, 0.717) is 0 Å². The van der Waals surface area contributed by atoms with Gasteiger partial charge in [-0.05, 0) is 20.8 Å². The summed E-state index contributed by atoms with van der Waals surface area (Å²) >= 11 is 0. The molecule has 0 aliphatic carbocycles. The molecule has 0 aromatic heterocycles. The average Bonchev–Trinajstić information content (AvgIpc) is 2.33. The molecule has 7 nitrogen and oxygen atoms in total. The van der Waals surface area contributed by atoms with Crippen molar-refractivity contribution < 1.29 is 34.3 Å². The number of carbonyl (C=O) groups is 1. The van der Waals surface area contributed by atoms with Crippen molar-refractivity contribution >= 4 is 5.97 Å². The first-order chi connectivity index (χ1) is 8.72. The van der Waals surface area contributed by atoms with Crippen molar-refractivity contribution in [3.63, 3.8) is 0 Å². The third kappa shape index (κ3) is 3.64. The molecule has 7 heteroatoms. The van der Waals surface area contributed by atoms with Crippen LogP contribution in [0.15, 0.2) is 0 Å². The Bertz CT molecular complexity index is 296. The van der Waals surface area contributed by atoms with E-state index in [1.807, 2.05) is 0 Å². The average molecular weight is 278 g/mol. The lowest BCUT2D eigenvalue weighted by molar-refractivity contribution is -0.298. The second kappa shape index (κ2) is 6.15. The van der Waals surface area contributed by atoms with Gasteiger partial charge in [0, 0.05) is 7.11 Å².